The smallest absolute Gasteiger partial charge is 0.00772 e. The van der Waals surface area contributed by atoms with E-state index in [4.69, 9.17) is 0 Å². The lowest BCUT2D eigenvalue weighted by Gasteiger charge is -2.11. The first-order valence-corrected chi connectivity index (χ1v) is 4.83. The van der Waals surface area contributed by atoms with Crippen molar-refractivity contribution in [3.63, 3.8) is 0 Å². The lowest BCUT2D eigenvalue weighted by Crippen LogP contribution is -2.39. The van der Waals surface area contributed by atoms with Crippen LogP contribution in [0.1, 0.15) is 0 Å². The van der Waals surface area contributed by atoms with Gasteiger partial charge in [-0.3, -0.25) is 4.70 Å². The van der Waals surface area contributed by atoms with Crippen molar-refractivity contribution in [2.45, 2.75) is 0 Å². The molecule has 1 fully saturated rings. The number of thiophene rings is 1. The van der Waals surface area contributed by atoms with Crippen LogP contribution in [-0.2, 0) is 0 Å². The van der Waals surface area contributed by atoms with Gasteiger partial charge < -0.3 is 10.6 Å². The second-order valence-corrected chi connectivity index (χ2v) is 3.11. The van der Waals surface area contributed by atoms with Crippen LogP contribution in [0.15, 0.2) is 22.9 Å². The fourth-order valence-electron chi connectivity index (χ4n) is 0.830. The Hall–Kier alpha value is -0.450. The molecule has 1 aromatic rings. The Morgan fingerprint density at radius 2 is 1.25 bits per heavy atom. The van der Waals surface area contributed by atoms with E-state index < -0.39 is 0 Å². The summed E-state index contributed by atoms with van der Waals surface area (Å²) in [6, 6.07) is 4.04. The molecule has 1 aliphatic rings. The van der Waals surface area contributed by atoms with Gasteiger partial charge in [-0.1, -0.05) is 12.1 Å². The minimum absolute atomic E-state index is 0. The van der Waals surface area contributed by atoms with Crippen molar-refractivity contribution in [1.29, 1.82) is 0 Å². The van der Waals surface area contributed by atoms with E-state index in [2.05, 4.69) is 10.6 Å². The molecule has 0 aromatic carbocycles. The summed E-state index contributed by atoms with van der Waals surface area (Å²) >= 11 is 1.71. The van der Waals surface area contributed by atoms with E-state index in [0.717, 1.165) is 26.2 Å². The van der Waals surface area contributed by atoms with Gasteiger partial charge in [0.05, 0.1) is 0 Å². The van der Waals surface area contributed by atoms with Crippen LogP contribution in [0, 0.1) is 0 Å². The van der Waals surface area contributed by atoms with Crippen LogP contribution in [-0.4, -0.2) is 26.2 Å². The molecule has 1 aliphatic heterocycles. The summed E-state index contributed by atoms with van der Waals surface area (Å²) in [4.78, 5) is 0. The Bertz CT molecular complexity index is 123. The normalized spacial score (nSPS) is 15.3. The topological polar surface area (TPSA) is 24.1 Å². The maximum Gasteiger partial charge on any atom is 0.00772 e. The molecule has 4 heteroatoms. The fraction of sp³-hybridized carbons (Fsp3) is 0.500. The molecule has 0 amide bonds. The maximum absolute atomic E-state index is 3.22. The van der Waals surface area contributed by atoms with Crippen molar-refractivity contribution >= 4 is 11.3 Å². The van der Waals surface area contributed by atoms with Gasteiger partial charge in [-0.2, -0.15) is 11.3 Å². The highest BCUT2D eigenvalue weighted by molar-refractivity contribution is 7.07. The average Bonchev–Trinajstić information content (AvgIpc) is 2.64. The highest BCUT2D eigenvalue weighted by Crippen LogP contribution is 1.91. The van der Waals surface area contributed by atoms with Crippen molar-refractivity contribution in [2.24, 2.45) is 0 Å². The Balaban J connectivity index is 0.000000189. The highest BCUT2D eigenvalue weighted by Gasteiger charge is 1.91. The number of hydrogen-bond donors (Lipinski definition) is 2. The highest BCUT2D eigenvalue weighted by atomic mass is 32.1. The SMILES string of the molecule is C1CNCCN1.F.c1ccsc1. The zero-order valence-electron chi connectivity index (χ0n) is 6.95. The number of rotatable bonds is 0. The first kappa shape index (κ1) is 11.6. The molecule has 2 N–H and O–H groups in total. The zero-order chi connectivity index (χ0) is 7.78. The van der Waals surface area contributed by atoms with Crippen molar-refractivity contribution in [3.8, 4) is 0 Å². The predicted molar refractivity (Wildman–Crippen MR) is 52.6 cm³/mol. The lowest BCUT2D eigenvalue weighted by molar-refractivity contribution is 0.534. The van der Waals surface area contributed by atoms with Crippen LogP contribution in [0.25, 0.3) is 0 Å². The molecule has 2 nitrogen and oxygen atoms in total. The van der Waals surface area contributed by atoms with E-state index in [1.807, 2.05) is 22.9 Å². The minimum Gasteiger partial charge on any atom is -0.314 e. The largest absolute Gasteiger partial charge is 0.314 e. The predicted octanol–water partition coefficient (Wildman–Crippen LogP) is 1.08. The first-order valence-electron chi connectivity index (χ1n) is 3.89. The van der Waals surface area contributed by atoms with Gasteiger partial charge in [-0.15, -0.1) is 0 Å². The van der Waals surface area contributed by atoms with Crippen LogP contribution < -0.4 is 10.6 Å². The van der Waals surface area contributed by atoms with Gasteiger partial charge in [0, 0.05) is 26.2 Å². The molecule has 70 valence electrons. The first-order chi connectivity index (χ1) is 5.50. The van der Waals surface area contributed by atoms with E-state index in [9.17, 15) is 0 Å². The molecule has 0 atom stereocenters. The second kappa shape index (κ2) is 8.64. The van der Waals surface area contributed by atoms with Crippen LogP contribution in [0.5, 0.6) is 0 Å². The van der Waals surface area contributed by atoms with Gasteiger partial charge >= 0.3 is 0 Å². The maximum atomic E-state index is 3.22. The molecule has 0 unspecified atom stereocenters. The number of hydrogen-bond acceptors (Lipinski definition) is 3. The summed E-state index contributed by atoms with van der Waals surface area (Å²) in [6.07, 6.45) is 0. The van der Waals surface area contributed by atoms with E-state index >= 15 is 0 Å². The van der Waals surface area contributed by atoms with E-state index in [1.165, 1.54) is 0 Å². The summed E-state index contributed by atoms with van der Waals surface area (Å²) in [5.74, 6) is 0. The summed E-state index contributed by atoms with van der Waals surface area (Å²) in [6.45, 7) is 4.56. The molecule has 0 aliphatic carbocycles. The number of nitrogens with one attached hydrogen (secondary N) is 2. The van der Waals surface area contributed by atoms with Crippen LogP contribution in [0.3, 0.4) is 0 Å². The fourth-order valence-corrected chi connectivity index (χ4v) is 1.28. The third kappa shape index (κ3) is 6.27. The Kier molecular flexibility index (Phi) is 8.32. The van der Waals surface area contributed by atoms with Crippen molar-refractivity contribution in [2.75, 3.05) is 26.2 Å². The van der Waals surface area contributed by atoms with Gasteiger partial charge in [-0.05, 0) is 10.8 Å². The lowest BCUT2D eigenvalue weighted by atomic mass is 10.4. The third-order valence-corrected chi connectivity index (χ3v) is 2.01. The van der Waals surface area contributed by atoms with Gasteiger partial charge in [0.1, 0.15) is 0 Å². The van der Waals surface area contributed by atoms with Crippen molar-refractivity contribution in [1.82, 2.24) is 10.6 Å². The van der Waals surface area contributed by atoms with E-state index in [-0.39, 0.29) is 4.70 Å². The van der Waals surface area contributed by atoms with Gasteiger partial charge in [0.2, 0.25) is 0 Å². The van der Waals surface area contributed by atoms with E-state index in [0.29, 0.717) is 0 Å². The Labute approximate surface area is 76.4 Å². The van der Waals surface area contributed by atoms with Gasteiger partial charge in [0.25, 0.3) is 0 Å². The molecule has 0 radical (unpaired) electrons. The van der Waals surface area contributed by atoms with Crippen molar-refractivity contribution in [3.05, 3.63) is 22.9 Å². The Morgan fingerprint density at radius 3 is 1.42 bits per heavy atom. The molecule has 2 rings (SSSR count). The van der Waals surface area contributed by atoms with Crippen LogP contribution >= 0.6 is 11.3 Å². The molecule has 0 bridgehead atoms. The molecular formula is C8H15FN2S. The van der Waals surface area contributed by atoms with E-state index in [1.54, 1.807) is 11.3 Å². The summed E-state index contributed by atoms with van der Waals surface area (Å²) in [5.41, 5.74) is 0. The third-order valence-electron chi connectivity index (χ3n) is 1.38. The molecule has 12 heavy (non-hydrogen) atoms. The zero-order valence-corrected chi connectivity index (χ0v) is 7.77. The second-order valence-electron chi connectivity index (χ2n) is 2.29. The molecule has 2 heterocycles. The average molecular weight is 190 g/mol. The van der Waals surface area contributed by atoms with Crippen LogP contribution in [0.4, 0.5) is 4.70 Å². The molecule has 1 aromatic heterocycles. The summed E-state index contributed by atoms with van der Waals surface area (Å²) in [5, 5.41) is 10.5. The summed E-state index contributed by atoms with van der Waals surface area (Å²) < 4.78 is 0. The molecule has 1 saturated heterocycles. The molecular weight excluding hydrogens is 175 g/mol. The quantitative estimate of drug-likeness (QED) is 0.639. The summed E-state index contributed by atoms with van der Waals surface area (Å²) in [7, 11) is 0. The van der Waals surface area contributed by atoms with Gasteiger partial charge in [-0.25, -0.2) is 0 Å². The van der Waals surface area contributed by atoms with Crippen LogP contribution in [0.2, 0.25) is 0 Å². The standard InChI is InChI=1S/C4H10N2.C4H4S.FH/c1-2-6-4-3-5-1;1-2-4-5-3-1;/h5-6H,1-4H2;1-4H;1H. The number of piperazine rings is 1. The van der Waals surface area contributed by atoms with Crippen molar-refractivity contribution < 1.29 is 4.70 Å². The van der Waals surface area contributed by atoms with Gasteiger partial charge in [0.15, 0.2) is 0 Å². The molecule has 0 spiro atoms. The Morgan fingerprint density at radius 1 is 0.833 bits per heavy atom. The monoisotopic (exact) mass is 190 g/mol. The molecule has 0 saturated carbocycles. The number of halogens is 1. The minimum atomic E-state index is 0.